The summed E-state index contributed by atoms with van der Waals surface area (Å²) < 4.78 is 24.1. The van der Waals surface area contributed by atoms with Gasteiger partial charge in [0.25, 0.3) is 0 Å². The van der Waals surface area contributed by atoms with Gasteiger partial charge in [0.15, 0.2) is 14.9 Å². The first-order valence-corrected chi connectivity index (χ1v) is 8.11. The number of rotatable bonds is 4. The lowest BCUT2D eigenvalue weighted by Gasteiger charge is -2.18. The summed E-state index contributed by atoms with van der Waals surface area (Å²) >= 11 is 5.65. The van der Waals surface area contributed by atoms with Gasteiger partial charge >= 0.3 is 0 Å². The van der Waals surface area contributed by atoms with Gasteiger partial charge in [0.2, 0.25) is 0 Å². The van der Waals surface area contributed by atoms with Gasteiger partial charge in [-0.2, -0.15) is 0 Å². The van der Waals surface area contributed by atoms with Crippen LogP contribution in [-0.4, -0.2) is 25.0 Å². The highest BCUT2D eigenvalue weighted by molar-refractivity contribution is 7.91. The molecule has 0 aliphatic heterocycles. The molecule has 0 fully saturated rings. The monoisotopic (exact) mass is 289 g/mol. The fourth-order valence-corrected chi connectivity index (χ4v) is 3.28. The molecular formula is C13H20ClNO2S. The van der Waals surface area contributed by atoms with Gasteiger partial charge in [0, 0.05) is 12.1 Å². The number of alkyl halides is 1. The first-order valence-electron chi connectivity index (χ1n) is 5.92. The van der Waals surface area contributed by atoms with Crippen molar-refractivity contribution >= 4 is 21.4 Å². The van der Waals surface area contributed by atoms with Crippen molar-refractivity contribution in [1.29, 1.82) is 0 Å². The van der Waals surface area contributed by atoms with Crippen LogP contribution in [0.25, 0.3) is 0 Å². The molecule has 0 bridgehead atoms. The van der Waals surface area contributed by atoms with Crippen molar-refractivity contribution in [2.75, 3.05) is 11.6 Å². The van der Waals surface area contributed by atoms with Crippen LogP contribution in [0.5, 0.6) is 0 Å². The third-order valence-electron chi connectivity index (χ3n) is 2.69. The summed E-state index contributed by atoms with van der Waals surface area (Å²) in [6.45, 7) is 8.00. The van der Waals surface area contributed by atoms with E-state index in [0.29, 0.717) is 5.88 Å². The van der Waals surface area contributed by atoms with Crippen molar-refractivity contribution in [1.82, 2.24) is 4.98 Å². The average molecular weight is 290 g/mol. The van der Waals surface area contributed by atoms with Crippen molar-refractivity contribution in [3.63, 3.8) is 0 Å². The third kappa shape index (κ3) is 3.95. The molecule has 3 nitrogen and oxygen atoms in total. The summed E-state index contributed by atoms with van der Waals surface area (Å²) in [5.74, 6) is 0.304. The summed E-state index contributed by atoms with van der Waals surface area (Å²) in [5.41, 5.74) is 0.991. The second-order valence-corrected chi connectivity index (χ2v) is 7.97. The van der Waals surface area contributed by atoms with Crippen LogP contribution in [0.2, 0.25) is 0 Å². The molecule has 0 N–H and O–H groups in total. The smallest absolute Gasteiger partial charge is 0.195 e. The van der Waals surface area contributed by atoms with Crippen molar-refractivity contribution in [3.8, 4) is 0 Å². The van der Waals surface area contributed by atoms with Gasteiger partial charge in [-0.1, -0.05) is 33.8 Å². The molecule has 5 heteroatoms. The minimum absolute atomic E-state index is 0.0290. The van der Waals surface area contributed by atoms with Crippen molar-refractivity contribution in [2.24, 2.45) is 5.92 Å². The predicted octanol–water partition coefficient (Wildman–Crippen LogP) is 3.03. The van der Waals surface area contributed by atoms with E-state index in [0.717, 1.165) is 5.56 Å². The Balaban J connectivity index is 2.98. The molecule has 0 aliphatic rings. The SMILES string of the molecule is CC(CCl)CS(=O)(=O)c1ccc(C(C)(C)C)cn1. The first-order chi connectivity index (χ1) is 8.16. The molecule has 1 unspecified atom stereocenters. The van der Waals surface area contributed by atoms with E-state index in [1.165, 1.54) is 0 Å². The van der Waals surface area contributed by atoms with E-state index in [1.54, 1.807) is 12.3 Å². The molecule has 0 aliphatic carbocycles. The van der Waals surface area contributed by atoms with Gasteiger partial charge < -0.3 is 0 Å². The number of aromatic nitrogens is 1. The summed E-state index contributed by atoms with van der Waals surface area (Å²) in [6, 6.07) is 3.40. The van der Waals surface area contributed by atoms with Crippen molar-refractivity contribution in [2.45, 2.75) is 38.1 Å². The minimum Gasteiger partial charge on any atom is -0.244 e. The topological polar surface area (TPSA) is 47.0 Å². The van der Waals surface area contributed by atoms with E-state index >= 15 is 0 Å². The molecule has 0 spiro atoms. The Hall–Kier alpha value is -0.610. The summed E-state index contributed by atoms with van der Waals surface area (Å²) in [6.07, 6.45) is 1.64. The Labute approximate surface area is 114 Å². The molecular weight excluding hydrogens is 270 g/mol. The molecule has 0 aromatic carbocycles. The van der Waals surface area contributed by atoms with Gasteiger partial charge in [0.05, 0.1) is 5.75 Å². The fourth-order valence-electron chi connectivity index (χ4n) is 1.51. The number of pyridine rings is 1. The van der Waals surface area contributed by atoms with Crippen LogP contribution in [0.1, 0.15) is 33.3 Å². The molecule has 1 rings (SSSR count). The van der Waals surface area contributed by atoms with E-state index < -0.39 is 9.84 Å². The van der Waals surface area contributed by atoms with Gasteiger partial charge in [-0.25, -0.2) is 13.4 Å². The molecule has 0 saturated heterocycles. The predicted molar refractivity (Wildman–Crippen MR) is 74.9 cm³/mol. The van der Waals surface area contributed by atoms with Gasteiger partial charge in [0.1, 0.15) is 0 Å². The molecule has 1 heterocycles. The lowest BCUT2D eigenvalue weighted by atomic mass is 9.88. The quantitative estimate of drug-likeness (QED) is 0.801. The van der Waals surface area contributed by atoms with Crippen molar-refractivity contribution in [3.05, 3.63) is 23.9 Å². The Morgan fingerprint density at radius 1 is 1.33 bits per heavy atom. The summed E-state index contributed by atoms with van der Waals surface area (Å²) in [5, 5.41) is 0.132. The molecule has 0 saturated carbocycles. The van der Waals surface area contributed by atoms with E-state index in [4.69, 9.17) is 11.6 Å². The van der Waals surface area contributed by atoms with Gasteiger partial charge in [-0.3, -0.25) is 0 Å². The van der Waals surface area contributed by atoms with E-state index in [-0.39, 0.29) is 22.1 Å². The van der Waals surface area contributed by atoms with Crippen LogP contribution in [0.3, 0.4) is 0 Å². The minimum atomic E-state index is -3.33. The Kier molecular flexibility index (Phi) is 4.78. The zero-order valence-corrected chi connectivity index (χ0v) is 12.8. The maximum absolute atomic E-state index is 12.0. The van der Waals surface area contributed by atoms with Crippen LogP contribution < -0.4 is 0 Å². The highest BCUT2D eigenvalue weighted by atomic mass is 35.5. The fraction of sp³-hybridized carbons (Fsp3) is 0.615. The van der Waals surface area contributed by atoms with Crippen LogP contribution >= 0.6 is 11.6 Å². The van der Waals surface area contributed by atoms with Crippen LogP contribution in [-0.2, 0) is 15.3 Å². The number of halogens is 1. The van der Waals surface area contributed by atoms with Crippen molar-refractivity contribution < 1.29 is 8.42 Å². The standard InChI is InChI=1S/C13H20ClNO2S/c1-10(7-14)9-18(16,17)12-6-5-11(8-15-12)13(2,3)4/h5-6,8,10H,7,9H2,1-4H3. The highest BCUT2D eigenvalue weighted by Crippen LogP contribution is 2.22. The van der Waals surface area contributed by atoms with Crippen LogP contribution in [0, 0.1) is 5.92 Å². The maximum Gasteiger partial charge on any atom is 0.195 e. The largest absolute Gasteiger partial charge is 0.244 e. The molecule has 18 heavy (non-hydrogen) atoms. The summed E-state index contributed by atoms with van der Waals surface area (Å²) in [7, 11) is -3.33. The number of sulfone groups is 1. The second-order valence-electron chi connectivity index (χ2n) is 5.68. The van der Waals surface area contributed by atoms with Gasteiger partial charge in [-0.05, 0) is 23.0 Å². The molecule has 102 valence electrons. The third-order valence-corrected chi connectivity index (χ3v) is 5.10. The Bertz CT molecular complexity index is 489. The number of nitrogens with zero attached hydrogens (tertiary/aromatic N) is 1. The van der Waals surface area contributed by atoms with Crippen LogP contribution in [0.4, 0.5) is 0 Å². The lowest BCUT2D eigenvalue weighted by Crippen LogP contribution is -2.17. The molecule has 1 atom stereocenters. The average Bonchev–Trinajstić information content (AvgIpc) is 2.27. The summed E-state index contributed by atoms with van der Waals surface area (Å²) in [4.78, 5) is 4.07. The molecule has 0 radical (unpaired) electrons. The highest BCUT2D eigenvalue weighted by Gasteiger charge is 2.21. The molecule has 0 amide bonds. The first kappa shape index (κ1) is 15.4. The second kappa shape index (κ2) is 5.57. The molecule has 1 aromatic heterocycles. The zero-order valence-electron chi connectivity index (χ0n) is 11.3. The van der Waals surface area contributed by atoms with E-state index in [1.807, 2.05) is 13.0 Å². The van der Waals surface area contributed by atoms with Crippen LogP contribution in [0.15, 0.2) is 23.4 Å². The Morgan fingerprint density at radius 3 is 2.33 bits per heavy atom. The number of hydrogen-bond acceptors (Lipinski definition) is 3. The van der Waals surface area contributed by atoms with Gasteiger partial charge in [-0.15, -0.1) is 11.6 Å². The normalized spacial score (nSPS) is 14.5. The maximum atomic E-state index is 12.0. The zero-order chi connectivity index (χ0) is 14.0. The lowest BCUT2D eigenvalue weighted by molar-refractivity contribution is 0.573. The van der Waals surface area contributed by atoms with E-state index in [2.05, 4.69) is 25.8 Å². The number of hydrogen-bond donors (Lipinski definition) is 0. The molecule has 1 aromatic rings. The van der Waals surface area contributed by atoms with E-state index in [9.17, 15) is 8.42 Å². The Morgan fingerprint density at radius 2 is 1.94 bits per heavy atom.